The lowest BCUT2D eigenvalue weighted by Gasteiger charge is -2.33. The SMILES string of the molecule is Cc1ccc(CN2CCC(CNC(=O)C3CCN(c4nc5ccc(C)cc5[nH]4)CC3)CC2)cc1. The van der Waals surface area contributed by atoms with Crippen LogP contribution in [0.25, 0.3) is 11.0 Å². The molecule has 2 fully saturated rings. The minimum absolute atomic E-state index is 0.115. The molecule has 0 bridgehead atoms. The maximum absolute atomic E-state index is 12.8. The van der Waals surface area contributed by atoms with Gasteiger partial charge in [-0.25, -0.2) is 4.98 Å². The topological polar surface area (TPSA) is 64.3 Å². The Balaban J connectivity index is 1.03. The maximum atomic E-state index is 12.8. The summed E-state index contributed by atoms with van der Waals surface area (Å²) in [6, 6.07) is 15.2. The van der Waals surface area contributed by atoms with E-state index in [1.54, 1.807) is 0 Å². The van der Waals surface area contributed by atoms with Gasteiger partial charge in [0.2, 0.25) is 11.9 Å². The molecular formula is C28H37N5O. The number of piperidine rings is 2. The van der Waals surface area contributed by atoms with Crippen LogP contribution in [0.1, 0.15) is 42.4 Å². The van der Waals surface area contributed by atoms with E-state index in [0.717, 1.165) is 81.9 Å². The van der Waals surface area contributed by atoms with E-state index < -0.39 is 0 Å². The first kappa shape index (κ1) is 22.9. The van der Waals surface area contributed by atoms with Gasteiger partial charge in [-0.15, -0.1) is 0 Å². The fourth-order valence-electron chi connectivity index (χ4n) is 5.30. The molecule has 34 heavy (non-hydrogen) atoms. The number of aromatic nitrogens is 2. The van der Waals surface area contributed by atoms with Gasteiger partial charge in [-0.3, -0.25) is 9.69 Å². The van der Waals surface area contributed by atoms with Gasteiger partial charge in [-0.05, 0) is 81.8 Å². The average molecular weight is 460 g/mol. The van der Waals surface area contributed by atoms with Gasteiger partial charge in [0.25, 0.3) is 0 Å². The van der Waals surface area contributed by atoms with Crippen molar-refractivity contribution >= 4 is 22.9 Å². The number of carbonyl (C=O) groups excluding carboxylic acids is 1. The fraction of sp³-hybridized carbons (Fsp3) is 0.500. The predicted molar refractivity (Wildman–Crippen MR) is 138 cm³/mol. The summed E-state index contributed by atoms with van der Waals surface area (Å²) in [5, 5.41) is 3.28. The molecule has 0 spiro atoms. The summed E-state index contributed by atoms with van der Waals surface area (Å²) in [6.45, 7) is 10.0. The van der Waals surface area contributed by atoms with Gasteiger partial charge in [0.05, 0.1) is 11.0 Å². The van der Waals surface area contributed by atoms with Crippen molar-refractivity contribution in [1.29, 1.82) is 0 Å². The number of likely N-dealkylation sites (tertiary alicyclic amines) is 1. The van der Waals surface area contributed by atoms with E-state index in [0.29, 0.717) is 5.92 Å². The summed E-state index contributed by atoms with van der Waals surface area (Å²) in [5.74, 6) is 1.88. The fourth-order valence-corrected chi connectivity index (χ4v) is 5.30. The largest absolute Gasteiger partial charge is 0.356 e. The van der Waals surface area contributed by atoms with Crippen LogP contribution >= 0.6 is 0 Å². The number of aromatic amines is 1. The molecule has 0 radical (unpaired) electrons. The van der Waals surface area contributed by atoms with E-state index in [1.165, 1.54) is 16.7 Å². The second-order valence-corrected chi connectivity index (χ2v) is 10.3. The van der Waals surface area contributed by atoms with Gasteiger partial charge in [0.1, 0.15) is 0 Å². The summed E-state index contributed by atoms with van der Waals surface area (Å²) in [4.78, 5) is 25.8. The first-order valence-electron chi connectivity index (χ1n) is 12.8. The van der Waals surface area contributed by atoms with Crippen molar-refractivity contribution in [2.45, 2.75) is 46.1 Å². The number of rotatable bonds is 6. The number of H-pyrrole nitrogens is 1. The Kier molecular flexibility index (Phi) is 6.86. The van der Waals surface area contributed by atoms with E-state index in [9.17, 15) is 4.79 Å². The summed E-state index contributed by atoms with van der Waals surface area (Å²) in [6.07, 6.45) is 4.10. The Morgan fingerprint density at radius 2 is 1.68 bits per heavy atom. The number of aryl methyl sites for hydroxylation is 2. The van der Waals surface area contributed by atoms with Gasteiger partial charge in [0.15, 0.2) is 0 Å². The number of amides is 1. The monoisotopic (exact) mass is 459 g/mol. The number of hydrogen-bond acceptors (Lipinski definition) is 4. The third kappa shape index (κ3) is 5.44. The lowest BCUT2D eigenvalue weighted by atomic mass is 9.94. The molecule has 1 amide bonds. The zero-order chi connectivity index (χ0) is 23.5. The van der Waals surface area contributed by atoms with E-state index in [2.05, 4.69) is 76.4 Å². The molecule has 6 heteroatoms. The summed E-state index contributed by atoms with van der Waals surface area (Å²) in [5.41, 5.74) is 6.02. The van der Waals surface area contributed by atoms with E-state index >= 15 is 0 Å². The predicted octanol–water partition coefficient (Wildman–Crippen LogP) is 4.42. The molecule has 0 saturated carbocycles. The number of benzene rings is 2. The van der Waals surface area contributed by atoms with Gasteiger partial charge in [0, 0.05) is 32.1 Å². The molecule has 2 aliphatic rings. The number of imidazole rings is 1. The van der Waals surface area contributed by atoms with Gasteiger partial charge < -0.3 is 15.2 Å². The van der Waals surface area contributed by atoms with Gasteiger partial charge in [-0.1, -0.05) is 35.9 Å². The number of fused-ring (bicyclic) bond motifs is 1. The highest BCUT2D eigenvalue weighted by Crippen LogP contribution is 2.25. The Labute approximate surface area is 202 Å². The standard InChI is InChI=1S/C28H37N5O/c1-20-3-6-23(7-4-20)19-32-13-9-22(10-14-32)18-29-27(34)24-11-15-33(16-12-24)28-30-25-8-5-21(2)17-26(25)31-28/h3-8,17,22,24H,9-16,18-19H2,1-2H3,(H,29,34)(H,30,31). The maximum Gasteiger partial charge on any atom is 0.223 e. The highest BCUT2D eigenvalue weighted by molar-refractivity contribution is 5.80. The molecule has 5 rings (SSSR count). The number of hydrogen-bond donors (Lipinski definition) is 2. The first-order valence-corrected chi connectivity index (χ1v) is 12.8. The summed E-state index contributed by atoms with van der Waals surface area (Å²) >= 11 is 0. The molecule has 2 N–H and O–H groups in total. The molecule has 3 aromatic rings. The van der Waals surface area contributed by atoms with E-state index in [-0.39, 0.29) is 11.8 Å². The minimum atomic E-state index is 0.115. The molecule has 2 aromatic carbocycles. The van der Waals surface area contributed by atoms with Crippen molar-refractivity contribution in [3.05, 3.63) is 59.2 Å². The number of anilines is 1. The third-order valence-corrected chi connectivity index (χ3v) is 7.59. The Hall–Kier alpha value is -2.86. The van der Waals surface area contributed by atoms with Crippen LogP contribution in [0.15, 0.2) is 42.5 Å². The lowest BCUT2D eigenvalue weighted by Crippen LogP contribution is -2.43. The van der Waals surface area contributed by atoms with Crippen molar-refractivity contribution in [2.24, 2.45) is 11.8 Å². The number of nitrogens with one attached hydrogen (secondary N) is 2. The minimum Gasteiger partial charge on any atom is -0.356 e. The molecule has 1 aromatic heterocycles. The smallest absolute Gasteiger partial charge is 0.223 e. The van der Waals surface area contributed by atoms with Crippen LogP contribution in [0.5, 0.6) is 0 Å². The zero-order valence-electron chi connectivity index (χ0n) is 20.5. The van der Waals surface area contributed by atoms with E-state index in [4.69, 9.17) is 4.98 Å². The third-order valence-electron chi connectivity index (χ3n) is 7.59. The second kappa shape index (κ2) is 10.2. The molecule has 180 valence electrons. The normalized spacial score (nSPS) is 18.5. The molecular weight excluding hydrogens is 422 g/mol. The molecule has 2 saturated heterocycles. The Morgan fingerprint density at radius 3 is 2.41 bits per heavy atom. The summed E-state index contributed by atoms with van der Waals surface area (Å²) < 4.78 is 0. The molecule has 0 atom stereocenters. The van der Waals surface area contributed by atoms with Gasteiger partial charge in [-0.2, -0.15) is 0 Å². The van der Waals surface area contributed by atoms with Crippen LogP contribution in [0.4, 0.5) is 5.95 Å². The Morgan fingerprint density at radius 1 is 0.971 bits per heavy atom. The molecule has 3 heterocycles. The van der Waals surface area contributed by atoms with Crippen molar-refractivity contribution in [2.75, 3.05) is 37.6 Å². The molecule has 0 aliphatic carbocycles. The quantitative estimate of drug-likeness (QED) is 0.573. The first-order chi connectivity index (χ1) is 16.5. The number of nitrogens with zero attached hydrogens (tertiary/aromatic N) is 3. The van der Waals surface area contributed by atoms with Crippen LogP contribution in [-0.2, 0) is 11.3 Å². The van der Waals surface area contributed by atoms with Crippen molar-refractivity contribution in [1.82, 2.24) is 20.2 Å². The lowest BCUT2D eigenvalue weighted by molar-refractivity contribution is -0.125. The van der Waals surface area contributed by atoms with Crippen LogP contribution in [0.2, 0.25) is 0 Å². The summed E-state index contributed by atoms with van der Waals surface area (Å²) in [7, 11) is 0. The molecule has 0 unspecified atom stereocenters. The van der Waals surface area contributed by atoms with Gasteiger partial charge >= 0.3 is 0 Å². The van der Waals surface area contributed by atoms with Crippen molar-refractivity contribution in [3.63, 3.8) is 0 Å². The van der Waals surface area contributed by atoms with Crippen LogP contribution < -0.4 is 10.2 Å². The second-order valence-electron chi connectivity index (χ2n) is 10.3. The highest BCUT2D eigenvalue weighted by atomic mass is 16.1. The number of carbonyl (C=O) groups is 1. The zero-order valence-corrected chi connectivity index (χ0v) is 20.5. The average Bonchev–Trinajstić information content (AvgIpc) is 3.28. The molecule has 2 aliphatic heterocycles. The molecule has 6 nitrogen and oxygen atoms in total. The van der Waals surface area contributed by atoms with Crippen LogP contribution in [0, 0.1) is 25.7 Å². The Bertz CT molecular complexity index is 1110. The van der Waals surface area contributed by atoms with Crippen LogP contribution in [0.3, 0.4) is 0 Å². The van der Waals surface area contributed by atoms with Crippen molar-refractivity contribution < 1.29 is 4.79 Å². The van der Waals surface area contributed by atoms with Crippen molar-refractivity contribution in [3.8, 4) is 0 Å². The van der Waals surface area contributed by atoms with E-state index in [1.807, 2.05) is 0 Å². The van der Waals surface area contributed by atoms with Crippen LogP contribution in [-0.4, -0.2) is 53.5 Å². The highest BCUT2D eigenvalue weighted by Gasteiger charge is 2.27.